The Kier molecular flexibility index (Phi) is 4.62. The van der Waals surface area contributed by atoms with Gasteiger partial charge in [-0.25, -0.2) is 9.97 Å². The van der Waals surface area contributed by atoms with Gasteiger partial charge in [-0.15, -0.1) is 11.3 Å². The average molecular weight is 344 g/mol. The number of thiazole rings is 1. The molecule has 0 saturated heterocycles. The zero-order chi connectivity index (χ0) is 17.3. The molecule has 2 N–H and O–H groups in total. The van der Waals surface area contributed by atoms with E-state index in [9.17, 15) is 9.59 Å². The molecule has 2 amide bonds. The maximum absolute atomic E-state index is 12.6. The Bertz CT molecular complexity index is 785. The average Bonchev–Trinajstić information content (AvgIpc) is 2.87. The third kappa shape index (κ3) is 3.46. The highest BCUT2D eigenvalue weighted by Gasteiger charge is 2.29. The summed E-state index contributed by atoms with van der Waals surface area (Å²) in [6, 6.07) is 3.13. The molecule has 0 saturated carbocycles. The SMILES string of the molecule is Cc1nc(CC(C)C)c(C(=O)NC2Cc3cccnc3NC2=O)s1. The molecule has 0 radical (unpaired) electrons. The molecule has 7 heteroatoms. The van der Waals surface area contributed by atoms with Gasteiger partial charge >= 0.3 is 0 Å². The highest BCUT2D eigenvalue weighted by atomic mass is 32.1. The number of amides is 2. The van der Waals surface area contributed by atoms with Gasteiger partial charge in [0.15, 0.2) is 0 Å². The van der Waals surface area contributed by atoms with Crippen LogP contribution in [0.2, 0.25) is 0 Å². The van der Waals surface area contributed by atoms with E-state index in [1.165, 1.54) is 11.3 Å². The molecule has 3 rings (SSSR count). The molecular weight excluding hydrogens is 324 g/mol. The Balaban J connectivity index is 1.77. The van der Waals surface area contributed by atoms with Gasteiger partial charge in [-0.1, -0.05) is 19.9 Å². The van der Waals surface area contributed by atoms with Crippen molar-refractivity contribution in [3.63, 3.8) is 0 Å². The van der Waals surface area contributed by atoms with Crippen LogP contribution in [0.3, 0.4) is 0 Å². The first-order valence-electron chi connectivity index (χ1n) is 7.96. The lowest BCUT2D eigenvalue weighted by molar-refractivity contribution is -0.118. The van der Waals surface area contributed by atoms with Gasteiger partial charge in [0.25, 0.3) is 5.91 Å². The second-order valence-corrected chi connectivity index (χ2v) is 7.54. The minimum atomic E-state index is -0.594. The lowest BCUT2D eigenvalue weighted by Crippen LogP contribution is -2.47. The van der Waals surface area contributed by atoms with Crippen molar-refractivity contribution in [3.8, 4) is 0 Å². The largest absolute Gasteiger partial charge is 0.339 e. The molecule has 0 bridgehead atoms. The van der Waals surface area contributed by atoms with E-state index < -0.39 is 6.04 Å². The topological polar surface area (TPSA) is 84.0 Å². The molecule has 2 aromatic heterocycles. The number of aromatic nitrogens is 2. The van der Waals surface area contributed by atoms with E-state index in [-0.39, 0.29) is 11.8 Å². The fourth-order valence-electron chi connectivity index (χ4n) is 2.75. The van der Waals surface area contributed by atoms with Crippen LogP contribution in [0, 0.1) is 12.8 Å². The summed E-state index contributed by atoms with van der Waals surface area (Å²) < 4.78 is 0. The van der Waals surface area contributed by atoms with E-state index in [0.717, 1.165) is 22.7 Å². The molecule has 3 heterocycles. The van der Waals surface area contributed by atoms with Crippen LogP contribution in [0.15, 0.2) is 18.3 Å². The number of fused-ring (bicyclic) bond motifs is 1. The summed E-state index contributed by atoms with van der Waals surface area (Å²) in [5.74, 6) is 0.515. The normalized spacial score (nSPS) is 16.7. The third-order valence-corrected chi connectivity index (χ3v) is 4.80. The van der Waals surface area contributed by atoms with Crippen LogP contribution in [0.5, 0.6) is 0 Å². The summed E-state index contributed by atoms with van der Waals surface area (Å²) in [7, 11) is 0. The van der Waals surface area contributed by atoms with E-state index in [1.807, 2.05) is 19.1 Å². The van der Waals surface area contributed by atoms with Gasteiger partial charge in [-0.3, -0.25) is 9.59 Å². The van der Waals surface area contributed by atoms with Crippen molar-refractivity contribution in [2.45, 2.75) is 39.7 Å². The number of hydrogen-bond donors (Lipinski definition) is 2. The molecule has 0 aromatic carbocycles. The quantitative estimate of drug-likeness (QED) is 0.892. The zero-order valence-electron chi connectivity index (χ0n) is 13.9. The number of rotatable bonds is 4. The summed E-state index contributed by atoms with van der Waals surface area (Å²) >= 11 is 1.37. The number of nitrogens with one attached hydrogen (secondary N) is 2. The van der Waals surface area contributed by atoms with Crippen molar-refractivity contribution in [2.75, 3.05) is 5.32 Å². The van der Waals surface area contributed by atoms with Crippen LogP contribution >= 0.6 is 11.3 Å². The van der Waals surface area contributed by atoms with E-state index in [1.54, 1.807) is 6.20 Å². The summed E-state index contributed by atoms with van der Waals surface area (Å²) in [5, 5.41) is 6.45. The van der Waals surface area contributed by atoms with Gasteiger partial charge < -0.3 is 10.6 Å². The summed E-state index contributed by atoms with van der Waals surface area (Å²) in [6.07, 6.45) is 2.82. The van der Waals surface area contributed by atoms with Crippen molar-refractivity contribution in [2.24, 2.45) is 5.92 Å². The fraction of sp³-hybridized carbons (Fsp3) is 0.412. The molecule has 0 spiro atoms. The van der Waals surface area contributed by atoms with Crippen molar-refractivity contribution < 1.29 is 9.59 Å². The smallest absolute Gasteiger partial charge is 0.263 e. The minimum absolute atomic E-state index is 0.233. The van der Waals surface area contributed by atoms with Crippen LogP contribution in [0.25, 0.3) is 0 Å². The monoisotopic (exact) mass is 344 g/mol. The van der Waals surface area contributed by atoms with Crippen LogP contribution in [0.4, 0.5) is 5.82 Å². The van der Waals surface area contributed by atoms with E-state index >= 15 is 0 Å². The molecule has 6 nitrogen and oxygen atoms in total. The molecule has 1 aliphatic rings. The van der Waals surface area contributed by atoms with Crippen molar-refractivity contribution in [1.29, 1.82) is 0 Å². The van der Waals surface area contributed by atoms with Crippen LogP contribution in [-0.2, 0) is 17.6 Å². The van der Waals surface area contributed by atoms with E-state index in [4.69, 9.17) is 0 Å². The first kappa shape index (κ1) is 16.6. The van der Waals surface area contributed by atoms with E-state index in [2.05, 4.69) is 34.4 Å². The Hall–Kier alpha value is -2.28. The van der Waals surface area contributed by atoms with E-state index in [0.29, 0.717) is 23.0 Å². The standard InChI is InChI=1S/C17H20N4O2S/c1-9(2)7-12-14(24-10(3)19-12)17(23)20-13-8-11-5-4-6-18-15(11)21-16(13)22/h4-6,9,13H,7-8H2,1-3H3,(H,20,23)(H,18,21,22). The number of anilines is 1. The summed E-state index contributed by atoms with van der Waals surface area (Å²) in [6.45, 7) is 6.07. The van der Waals surface area contributed by atoms with Gasteiger partial charge in [-0.05, 0) is 30.9 Å². The number of hydrogen-bond acceptors (Lipinski definition) is 5. The Morgan fingerprint density at radius 2 is 2.29 bits per heavy atom. The predicted octanol–water partition coefficient (Wildman–Crippen LogP) is 2.34. The lowest BCUT2D eigenvalue weighted by Gasteiger charge is -2.24. The number of pyridine rings is 1. The molecule has 2 aromatic rings. The highest BCUT2D eigenvalue weighted by Crippen LogP contribution is 2.23. The molecule has 0 fully saturated rings. The molecule has 126 valence electrons. The molecule has 0 aliphatic carbocycles. The zero-order valence-corrected chi connectivity index (χ0v) is 14.7. The second kappa shape index (κ2) is 6.68. The maximum Gasteiger partial charge on any atom is 0.263 e. The molecule has 1 aliphatic heterocycles. The Morgan fingerprint density at radius 3 is 3.04 bits per heavy atom. The first-order valence-corrected chi connectivity index (χ1v) is 8.77. The number of nitrogens with zero attached hydrogens (tertiary/aromatic N) is 2. The number of carbonyl (C=O) groups is 2. The fourth-order valence-corrected chi connectivity index (χ4v) is 3.60. The highest BCUT2D eigenvalue weighted by molar-refractivity contribution is 7.13. The first-order chi connectivity index (χ1) is 11.4. The van der Waals surface area contributed by atoms with Crippen LogP contribution in [-0.4, -0.2) is 27.8 Å². The van der Waals surface area contributed by atoms with Gasteiger partial charge in [0.05, 0.1) is 10.7 Å². The molecule has 1 atom stereocenters. The second-order valence-electron chi connectivity index (χ2n) is 6.34. The maximum atomic E-state index is 12.6. The number of aryl methyl sites for hydroxylation is 1. The molecule has 1 unspecified atom stereocenters. The summed E-state index contributed by atoms with van der Waals surface area (Å²) in [4.78, 5) is 34.1. The third-order valence-electron chi connectivity index (χ3n) is 3.79. The summed E-state index contributed by atoms with van der Waals surface area (Å²) in [5.41, 5.74) is 1.73. The van der Waals surface area contributed by atoms with Crippen LogP contribution < -0.4 is 10.6 Å². The predicted molar refractivity (Wildman–Crippen MR) is 93.2 cm³/mol. The van der Waals surface area contributed by atoms with Gasteiger partial charge in [-0.2, -0.15) is 0 Å². The number of carbonyl (C=O) groups excluding carboxylic acids is 2. The Labute approximate surface area is 144 Å². The molecule has 24 heavy (non-hydrogen) atoms. The van der Waals surface area contributed by atoms with Crippen molar-refractivity contribution in [3.05, 3.63) is 39.5 Å². The van der Waals surface area contributed by atoms with Crippen molar-refractivity contribution in [1.82, 2.24) is 15.3 Å². The minimum Gasteiger partial charge on any atom is -0.339 e. The Morgan fingerprint density at radius 1 is 1.50 bits per heavy atom. The van der Waals surface area contributed by atoms with Gasteiger partial charge in [0.1, 0.15) is 16.7 Å². The van der Waals surface area contributed by atoms with Gasteiger partial charge in [0.2, 0.25) is 5.91 Å². The lowest BCUT2D eigenvalue weighted by atomic mass is 10.0. The van der Waals surface area contributed by atoms with Crippen molar-refractivity contribution >= 4 is 29.0 Å². The van der Waals surface area contributed by atoms with Gasteiger partial charge in [0, 0.05) is 12.6 Å². The van der Waals surface area contributed by atoms with Crippen LogP contribution in [0.1, 0.15) is 39.8 Å². The molecular formula is C17H20N4O2S.